The van der Waals surface area contributed by atoms with Crippen molar-refractivity contribution in [2.24, 2.45) is 0 Å². The second-order valence-electron chi connectivity index (χ2n) is 4.70. The average molecular weight is 276 g/mol. The zero-order chi connectivity index (χ0) is 14.4. The number of hydrogen-bond acceptors (Lipinski definition) is 3. The highest BCUT2D eigenvalue weighted by Gasteiger charge is 2.23. The smallest absolute Gasteiger partial charge is 0.317 e. The zero-order valence-corrected chi connectivity index (χ0v) is 11.4. The van der Waals surface area contributed by atoms with Crippen LogP contribution in [0.2, 0.25) is 0 Å². The maximum atomic E-state index is 12.0. The van der Waals surface area contributed by atoms with Crippen LogP contribution in [0, 0.1) is 0 Å². The summed E-state index contributed by atoms with van der Waals surface area (Å²) in [7, 11) is 0. The Bertz CT molecular complexity index is 451. The van der Waals surface area contributed by atoms with Crippen LogP contribution < -0.4 is 10.1 Å². The molecule has 1 aromatic rings. The van der Waals surface area contributed by atoms with Crippen LogP contribution in [0.1, 0.15) is 5.56 Å². The third-order valence-electron chi connectivity index (χ3n) is 3.20. The minimum atomic E-state index is -0.210. The third kappa shape index (κ3) is 3.51. The summed E-state index contributed by atoms with van der Waals surface area (Å²) in [5.41, 5.74) is 1.17. The van der Waals surface area contributed by atoms with Crippen molar-refractivity contribution in [3.63, 3.8) is 0 Å². The van der Waals surface area contributed by atoms with Crippen molar-refractivity contribution in [1.29, 1.82) is 0 Å². The first kappa shape index (κ1) is 14.4. The molecule has 0 saturated heterocycles. The topological polar surface area (TPSA) is 61.8 Å². The summed E-state index contributed by atoms with van der Waals surface area (Å²) in [6.45, 7) is 4.70. The number of aliphatic hydroxyl groups is 1. The molecule has 1 aliphatic heterocycles. The molecule has 108 valence electrons. The number of ether oxygens (including phenoxy) is 1. The van der Waals surface area contributed by atoms with Gasteiger partial charge in [-0.05, 0) is 11.6 Å². The van der Waals surface area contributed by atoms with E-state index >= 15 is 0 Å². The van der Waals surface area contributed by atoms with E-state index in [2.05, 4.69) is 11.9 Å². The summed E-state index contributed by atoms with van der Waals surface area (Å²) < 4.78 is 5.75. The Balaban J connectivity index is 1.81. The van der Waals surface area contributed by atoms with E-state index in [1.165, 1.54) is 10.5 Å². The molecule has 0 radical (unpaired) electrons. The van der Waals surface area contributed by atoms with E-state index in [1.807, 2.05) is 24.3 Å². The lowest BCUT2D eigenvalue weighted by Gasteiger charge is -2.21. The minimum absolute atomic E-state index is 0.0314. The number of nitrogens with one attached hydrogen (secondary N) is 1. The maximum Gasteiger partial charge on any atom is 0.317 e. The van der Waals surface area contributed by atoms with Crippen molar-refractivity contribution in [2.75, 3.05) is 26.2 Å². The highest BCUT2D eigenvalue weighted by atomic mass is 16.5. The monoisotopic (exact) mass is 276 g/mol. The first-order chi connectivity index (χ1) is 9.74. The largest absolute Gasteiger partial charge is 0.488 e. The van der Waals surface area contributed by atoms with Gasteiger partial charge < -0.3 is 20.1 Å². The molecule has 0 saturated carbocycles. The molecule has 1 atom stereocenters. The van der Waals surface area contributed by atoms with Crippen LogP contribution in [0.4, 0.5) is 4.79 Å². The lowest BCUT2D eigenvalue weighted by molar-refractivity contribution is 0.174. The fourth-order valence-electron chi connectivity index (χ4n) is 2.23. The predicted molar refractivity (Wildman–Crippen MR) is 76.8 cm³/mol. The van der Waals surface area contributed by atoms with Gasteiger partial charge in [0.25, 0.3) is 0 Å². The van der Waals surface area contributed by atoms with E-state index in [4.69, 9.17) is 9.84 Å². The molecule has 2 rings (SSSR count). The minimum Gasteiger partial charge on any atom is -0.488 e. The van der Waals surface area contributed by atoms with Gasteiger partial charge in [-0.2, -0.15) is 0 Å². The highest BCUT2D eigenvalue weighted by molar-refractivity contribution is 5.74. The summed E-state index contributed by atoms with van der Waals surface area (Å²) in [6, 6.07) is 7.68. The first-order valence-corrected chi connectivity index (χ1v) is 6.73. The van der Waals surface area contributed by atoms with E-state index in [9.17, 15) is 4.79 Å². The molecule has 20 heavy (non-hydrogen) atoms. The number of benzene rings is 1. The van der Waals surface area contributed by atoms with Crippen LogP contribution in [0.3, 0.4) is 0 Å². The summed E-state index contributed by atoms with van der Waals surface area (Å²) in [6.07, 6.45) is 2.41. The Morgan fingerprint density at radius 1 is 1.55 bits per heavy atom. The Hall–Kier alpha value is -2.01. The molecule has 1 aromatic carbocycles. The van der Waals surface area contributed by atoms with Crippen molar-refractivity contribution >= 4 is 6.03 Å². The van der Waals surface area contributed by atoms with Gasteiger partial charge in [0, 0.05) is 19.5 Å². The van der Waals surface area contributed by atoms with Crippen LogP contribution in [0.25, 0.3) is 0 Å². The number of amides is 2. The summed E-state index contributed by atoms with van der Waals surface area (Å²) in [5, 5.41) is 11.8. The van der Waals surface area contributed by atoms with E-state index in [0.717, 1.165) is 12.2 Å². The maximum absolute atomic E-state index is 12.0. The molecule has 1 heterocycles. The van der Waals surface area contributed by atoms with Crippen molar-refractivity contribution in [1.82, 2.24) is 10.2 Å². The number of para-hydroxylation sites is 1. The van der Waals surface area contributed by atoms with E-state index in [-0.39, 0.29) is 18.7 Å². The molecule has 1 aliphatic rings. The van der Waals surface area contributed by atoms with Crippen molar-refractivity contribution in [2.45, 2.75) is 12.5 Å². The van der Waals surface area contributed by atoms with Gasteiger partial charge in [0.05, 0.1) is 13.2 Å². The zero-order valence-electron chi connectivity index (χ0n) is 11.4. The number of urea groups is 1. The fraction of sp³-hybridized carbons (Fsp3) is 0.400. The number of aliphatic hydroxyl groups excluding tert-OH is 1. The third-order valence-corrected chi connectivity index (χ3v) is 3.20. The van der Waals surface area contributed by atoms with E-state index < -0.39 is 0 Å². The second kappa shape index (κ2) is 6.96. The van der Waals surface area contributed by atoms with Gasteiger partial charge in [-0.25, -0.2) is 4.79 Å². The Morgan fingerprint density at radius 3 is 3.05 bits per heavy atom. The lowest BCUT2D eigenvalue weighted by Crippen LogP contribution is -2.44. The van der Waals surface area contributed by atoms with Gasteiger partial charge in [0.1, 0.15) is 11.9 Å². The molecule has 2 amide bonds. The van der Waals surface area contributed by atoms with Crippen molar-refractivity contribution in [3.8, 4) is 5.75 Å². The standard InChI is InChI=1S/C15H20N2O3/c1-2-7-17(8-9-18)15(19)16-11-13-10-12-5-3-4-6-14(12)20-13/h2-6,13,18H,1,7-11H2,(H,16,19). The van der Waals surface area contributed by atoms with Crippen LogP contribution in [-0.2, 0) is 6.42 Å². The van der Waals surface area contributed by atoms with E-state index in [1.54, 1.807) is 6.08 Å². The lowest BCUT2D eigenvalue weighted by atomic mass is 10.1. The average Bonchev–Trinajstić information content (AvgIpc) is 2.87. The molecule has 0 aliphatic carbocycles. The molecular weight excluding hydrogens is 256 g/mol. The first-order valence-electron chi connectivity index (χ1n) is 6.73. The molecule has 1 unspecified atom stereocenters. The van der Waals surface area contributed by atoms with Crippen molar-refractivity contribution in [3.05, 3.63) is 42.5 Å². The van der Waals surface area contributed by atoms with Crippen LogP contribution in [0.5, 0.6) is 5.75 Å². The number of carbonyl (C=O) groups is 1. The summed E-state index contributed by atoms with van der Waals surface area (Å²) >= 11 is 0. The molecule has 0 aromatic heterocycles. The molecule has 5 nitrogen and oxygen atoms in total. The van der Waals surface area contributed by atoms with Crippen LogP contribution in [0.15, 0.2) is 36.9 Å². The number of hydrogen-bond donors (Lipinski definition) is 2. The Kier molecular flexibility index (Phi) is 5.01. The predicted octanol–water partition coefficient (Wildman–Crippen LogP) is 1.18. The summed E-state index contributed by atoms with van der Waals surface area (Å²) in [5.74, 6) is 0.894. The van der Waals surface area contributed by atoms with Gasteiger partial charge in [-0.15, -0.1) is 6.58 Å². The second-order valence-corrected chi connectivity index (χ2v) is 4.70. The van der Waals surface area contributed by atoms with Gasteiger partial charge >= 0.3 is 6.03 Å². The highest BCUT2D eigenvalue weighted by Crippen LogP contribution is 2.27. The summed E-state index contributed by atoms with van der Waals surface area (Å²) in [4.78, 5) is 13.5. The molecule has 2 N–H and O–H groups in total. The Labute approximate surface area is 118 Å². The molecular formula is C15H20N2O3. The number of nitrogens with zero attached hydrogens (tertiary/aromatic N) is 1. The van der Waals surface area contributed by atoms with Crippen LogP contribution >= 0.6 is 0 Å². The number of fused-ring (bicyclic) bond motifs is 1. The number of carbonyl (C=O) groups excluding carboxylic acids is 1. The molecule has 0 fully saturated rings. The van der Waals surface area contributed by atoms with Crippen LogP contribution in [-0.4, -0.2) is 48.4 Å². The molecule has 5 heteroatoms. The van der Waals surface area contributed by atoms with Gasteiger partial charge in [-0.1, -0.05) is 24.3 Å². The number of rotatable bonds is 6. The normalized spacial score (nSPS) is 16.1. The quantitative estimate of drug-likeness (QED) is 0.767. The van der Waals surface area contributed by atoms with Gasteiger partial charge in [0.15, 0.2) is 0 Å². The Morgan fingerprint density at radius 2 is 2.35 bits per heavy atom. The van der Waals surface area contributed by atoms with Gasteiger partial charge in [-0.3, -0.25) is 0 Å². The molecule has 0 bridgehead atoms. The molecule has 0 spiro atoms. The van der Waals surface area contributed by atoms with E-state index in [0.29, 0.717) is 19.6 Å². The van der Waals surface area contributed by atoms with Gasteiger partial charge in [0.2, 0.25) is 0 Å². The fourth-order valence-corrected chi connectivity index (χ4v) is 2.23. The van der Waals surface area contributed by atoms with Crippen molar-refractivity contribution < 1.29 is 14.6 Å². The SMILES string of the molecule is C=CCN(CCO)C(=O)NCC1Cc2ccccc2O1.